The topological polar surface area (TPSA) is 42.7 Å². The summed E-state index contributed by atoms with van der Waals surface area (Å²) in [4.78, 5) is 13.5. The summed E-state index contributed by atoms with van der Waals surface area (Å²) in [5.41, 5.74) is 0. The van der Waals surface area contributed by atoms with Crippen LogP contribution in [0.3, 0.4) is 0 Å². The molecule has 1 aromatic rings. The van der Waals surface area contributed by atoms with E-state index in [1.54, 1.807) is 6.07 Å². The second-order valence-corrected chi connectivity index (χ2v) is 4.75. The highest BCUT2D eigenvalue weighted by Gasteiger charge is 2.26. The van der Waals surface area contributed by atoms with Gasteiger partial charge in [0.05, 0.1) is 13.2 Å². The first kappa shape index (κ1) is 12.2. The second-order valence-electron chi connectivity index (χ2n) is 4.75. The van der Waals surface area contributed by atoms with Gasteiger partial charge >= 0.3 is 5.97 Å². The van der Waals surface area contributed by atoms with Crippen molar-refractivity contribution in [2.24, 2.45) is 5.92 Å². The van der Waals surface area contributed by atoms with Gasteiger partial charge in [-0.3, -0.25) is 4.90 Å². The smallest absolute Gasteiger partial charge is 0.373 e. The Morgan fingerprint density at radius 1 is 1.59 bits per heavy atom. The van der Waals surface area contributed by atoms with Crippen molar-refractivity contribution in [3.05, 3.63) is 23.7 Å². The molecule has 1 aliphatic rings. The van der Waals surface area contributed by atoms with Gasteiger partial charge in [0.15, 0.2) is 0 Å². The summed E-state index contributed by atoms with van der Waals surface area (Å²) in [5.74, 6) is 1.51. The van der Waals surface area contributed by atoms with Crippen LogP contribution in [0.4, 0.5) is 0 Å². The van der Waals surface area contributed by atoms with Gasteiger partial charge in [-0.1, -0.05) is 0 Å². The number of furan rings is 1. The molecule has 0 bridgehead atoms. The quantitative estimate of drug-likeness (QED) is 0.738. The SMILES string of the molecule is COC(=O)c1ccc(C(C)N(C)CC2CC2)o1. The predicted octanol–water partition coefficient (Wildman–Crippen LogP) is 2.47. The molecule has 94 valence electrons. The normalized spacial score (nSPS) is 17.2. The van der Waals surface area contributed by atoms with E-state index in [4.69, 9.17) is 4.42 Å². The third-order valence-corrected chi connectivity index (χ3v) is 3.33. The fourth-order valence-corrected chi connectivity index (χ4v) is 1.87. The van der Waals surface area contributed by atoms with Crippen LogP contribution in [0.2, 0.25) is 0 Å². The highest BCUT2D eigenvalue weighted by Crippen LogP contribution is 2.32. The maximum atomic E-state index is 11.3. The summed E-state index contributed by atoms with van der Waals surface area (Å²) in [5, 5.41) is 0. The number of rotatable bonds is 5. The average Bonchev–Trinajstić information content (AvgIpc) is 3.00. The van der Waals surface area contributed by atoms with Crippen LogP contribution in [-0.2, 0) is 4.74 Å². The van der Waals surface area contributed by atoms with Crippen molar-refractivity contribution in [3.63, 3.8) is 0 Å². The first-order chi connectivity index (χ1) is 8.11. The second kappa shape index (κ2) is 4.92. The van der Waals surface area contributed by atoms with Crippen LogP contribution in [-0.4, -0.2) is 31.6 Å². The first-order valence-electron chi connectivity index (χ1n) is 6.00. The fourth-order valence-electron chi connectivity index (χ4n) is 1.87. The maximum absolute atomic E-state index is 11.3. The van der Waals surface area contributed by atoms with E-state index >= 15 is 0 Å². The van der Waals surface area contributed by atoms with E-state index in [2.05, 4.69) is 23.6 Å². The largest absolute Gasteiger partial charge is 0.463 e. The molecule has 1 aromatic heterocycles. The molecule has 0 amide bonds. The molecule has 2 rings (SSSR count). The summed E-state index contributed by atoms with van der Waals surface area (Å²) in [6.45, 7) is 3.18. The van der Waals surface area contributed by atoms with Crippen LogP contribution in [0.15, 0.2) is 16.5 Å². The third-order valence-electron chi connectivity index (χ3n) is 3.33. The van der Waals surface area contributed by atoms with Crippen LogP contribution in [0, 0.1) is 5.92 Å². The molecule has 1 atom stereocenters. The molecule has 4 nitrogen and oxygen atoms in total. The zero-order valence-corrected chi connectivity index (χ0v) is 10.6. The van der Waals surface area contributed by atoms with Gasteiger partial charge in [0.2, 0.25) is 5.76 Å². The van der Waals surface area contributed by atoms with E-state index in [-0.39, 0.29) is 11.8 Å². The molecule has 0 aliphatic heterocycles. The van der Waals surface area contributed by atoms with E-state index in [0.29, 0.717) is 0 Å². The monoisotopic (exact) mass is 237 g/mol. The van der Waals surface area contributed by atoms with Gasteiger partial charge in [-0.2, -0.15) is 0 Å². The number of carbonyl (C=O) groups excluding carboxylic acids is 1. The van der Waals surface area contributed by atoms with Gasteiger partial charge in [0.1, 0.15) is 5.76 Å². The van der Waals surface area contributed by atoms with E-state index < -0.39 is 5.97 Å². The summed E-state index contributed by atoms with van der Waals surface area (Å²) in [6, 6.07) is 3.71. The van der Waals surface area contributed by atoms with Crippen molar-refractivity contribution in [1.82, 2.24) is 4.90 Å². The number of carbonyl (C=O) groups is 1. The number of nitrogens with zero attached hydrogens (tertiary/aromatic N) is 1. The molecule has 17 heavy (non-hydrogen) atoms. The van der Waals surface area contributed by atoms with Crippen LogP contribution in [0.1, 0.15) is 42.1 Å². The van der Waals surface area contributed by atoms with Crippen molar-refractivity contribution >= 4 is 5.97 Å². The molecule has 0 N–H and O–H groups in total. The van der Waals surface area contributed by atoms with Crippen molar-refractivity contribution in [2.45, 2.75) is 25.8 Å². The first-order valence-corrected chi connectivity index (χ1v) is 6.00. The number of ether oxygens (including phenoxy) is 1. The molecule has 4 heteroatoms. The summed E-state index contributed by atoms with van der Waals surface area (Å²) < 4.78 is 10.1. The zero-order valence-electron chi connectivity index (χ0n) is 10.6. The summed E-state index contributed by atoms with van der Waals surface area (Å²) >= 11 is 0. The Labute approximate surface area is 102 Å². The lowest BCUT2D eigenvalue weighted by molar-refractivity contribution is 0.0559. The minimum Gasteiger partial charge on any atom is -0.463 e. The minimum atomic E-state index is -0.423. The Kier molecular flexibility index (Phi) is 3.52. The van der Waals surface area contributed by atoms with Gasteiger partial charge in [0, 0.05) is 6.54 Å². The fraction of sp³-hybridized carbons (Fsp3) is 0.615. The highest BCUT2D eigenvalue weighted by atomic mass is 16.5. The lowest BCUT2D eigenvalue weighted by Gasteiger charge is -2.22. The third kappa shape index (κ3) is 2.88. The summed E-state index contributed by atoms with van der Waals surface area (Å²) in [6.07, 6.45) is 2.67. The molecule has 0 aromatic carbocycles. The van der Waals surface area contributed by atoms with Gasteiger partial charge in [-0.05, 0) is 44.9 Å². The number of hydrogen-bond donors (Lipinski definition) is 0. The Balaban J connectivity index is 1.99. The molecule has 0 saturated heterocycles. The van der Waals surface area contributed by atoms with Crippen LogP contribution < -0.4 is 0 Å². The van der Waals surface area contributed by atoms with Crippen molar-refractivity contribution in [3.8, 4) is 0 Å². The Hall–Kier alpha value is -1.29. The number of hydrogen-bond acceptors (Lipinski definition) is 4. The molecule has 1 heterocycles. The molecule has 1 unspecified atom stereocenters. The average molecular weight is 237 g/mol. The Bertz CT molecular complexity index is 395. The van der Waals surface area contributed by atoms with Crippen molar-refractivity contribution < 1.29 is 13.9 Å². The molecule has 1 fully saturated rings. The van der Waals surface area contributed by atoms with Gasteiger partial charge < -0.3 is 9.15 Å². The van der Waals surface area contributed by atoms with Crippen LogP contribution in [0.25, 0.3) is 0 Å². The van der Waals surface area contributed by atoms with Crippen molar-refractivity contribution in [1.29, 1.82) is 0 Å². The van der Waals surface area contributed by atoms with E-state index in [9.17, 15) is 4.79 Å². The molecular weight excluding hydrogens is 218 g/mol. The lowest BCUT2D eigenvalue weighted by atomic mass is 10.2. The number of methoxy groups -OCH3 is 1. The Morgan fingerprint density at radius 3 is 2.88 bits per heavy atom. The van der Waals surface area contributed by atoms with Crippen LogP contribution in [0.5, 0.6) is 0 Å². The van der Waals surface area contributed by atoms with E-state index in [0.717, 1.165) is 18.2 Å². The van der Waals surface area contributed by atoms with Gasteiger partial charge in [0.25, 0.3) is 0 Å². The molecule has 0 radical (unpaired) electrons. The summed E-state index contributed by atoms with van der Waals surface area (Å²) in [7, 11) is 3.44. The maximum Gasteiger partial charge on any atom is 0.373 e. The zero-order chi connectivity index (χ0) is 12.4. The molecular formula is C13H19NO3. The molecule has 1 aliphatic carbocycles. The lowest BCUT2D eigenvalue weighted by Crippen LogP contribution is -2.24. The highest BCUT2D eigenvalue weighted by molar-refractivity contribution is 5.86. The van der Waals surface area contributed by atoms with E-state index in [1.165, 1.54) is 20.0 Å². The standard InChI is InChI=1S/C13H19NO3/c1-9(14(2)8-10-4-5-10)11-6-7-12(17-11)13(15)16-3/h6-7,9-10H,4-5,8H2,1-3H3. The van der Waals surface area contributed by atoms with Gasteiger partial charge in [-0.25, -0.2) is 4.79 Å². The predicted molar refractivity (Wildman–Crippen MR) is 63.8 cm³/mol. The molecule has 0 spiro atoms. The van der Waals surface area contributed by atoms with Crippen molar-refractivity contribution in [2.75, 3.05) is 20.7 Å². The Morgan fingerprint density at radius 2 is 2.29 bits per heavy atom. The molecule has 1 saturated carbocycles. The minimum absolute atomic E-state index is 0.189. The van der Waals surface area contributed by atoms with E-state index in [1.807, 2.05) is 6.07 Å². The van der Waals surface area contributed by atoms with Gasteiger partial charge in [-0.15, -0.1) is 0 Å². The van der Waals surface area contributed by atoms with Crippen LogP contribution >= 0.6 is 0 Å². The number of esters is 1.